The van der Waals surface area contributed by atoms with Gasteiger partial charge in [-0.3, -0.25) is 4.79 Å². The van der Waals surface area contributed by atoms with Crippen LogP contribution >= 0.6 is 11.6 Å². The predicted octanol–water partition coefficient (Wildman–Crippen LogP) is 3.50. The van der Waals surface area contributed by atoms with E-state index in [4.69, 9.17) is 21.1 Å². The van der Waals surface area contributed by atoms with Crippen molar-refractivity contribution in [1.82, 2.24) is 19.7 Å². The molecule has 2 aromatic carbocycles. The number of imidazole rings is 1. The molecule has 0 saturated carbocycles. The van der Waals surface area contributed by atoms with Gasteiger partial charge in [0.2, 0.25) is 5.95 Å². The number of morpholine rings is 1. The Kier molecular flexibility index (Phi) is 5.42. The molecule has 4 aromatic rings. The molecule has 2 N–H and O–H groups in total. The summed E-state index contributed by atoms with van der Waals surface area (Å²) < 4.78 is 12.1. The van der Waals surface area contributed by atoms with E-state index >= 15 is 0 Å². The Balaban J connectivity index is 1.33. The number of methoxy groups -OCH3 is 1. The first-order chi connectivity index (χ1) is 15.6. The standard InChI is InChI=1S/C22H21ClN6O3/c1-31-19-5-2-14(12-16(19)23)21(30)26-20-6-7-29(27-20)22-24-17-4-3-15(13-18(17)25-22)28-8-10-32-11-9-28/h2-7,12-13H,8-11H2,1H3,(H,24,25)(H,26,27,30). The Morgan fingerprint density at radius 1 is 1.19 bits per heavy atom. The lowest BCUT2D eigenvalue weighted by atomic mass is 10.2. The van der Waals surface area contributed by atoms with Crippen LogP contribution in [0.1, 0.15) is 10.4 Å². The van der Waals surface area contributed by atoms with Crippen molar-refractivity contribution in [2.45, 2.75) is 0 Å². The quantitative estimate of drug-likeness (QED) is 0.481. The number of nitrogens with one attached hydrogen (secondary N) is 2. The van der Waals surface area contributed by atoms with Gasteiger partial charge in [-0.1, -0.05) is 11.6 Å². The molecular formula is C22H21ClN6O3. The third-order valence-electron chi connectivity index (χ3n) is 5.29. The van der Waals surface area contributed by atoms with E-state index in [0.29, 0.717) is 28.1 Å². The van der Waals surface area contributed by atoms with Crippen LogP contribution in [-0.2, 0) is 4.74 Å². The lowest BCUT2D eigenvalue weighted by molar-refractivity contribution is 0.102. The summed E-state index contributed by atoms with van der Waals surface area (Å²) in [4.78, 5) is 22.7. The van der Waals surface area contributed by atoms with E-state index in [9.17, 15) is 4.79 Å². The molecule has 0 aliphatic carbocycles. The summed E-state index contributed by atoms with van der Waals surface area (Å²) >= 11 is 6.11. The predicted molar refractivity (Wildman–Crippen MR) is 122 cm³/mol. The Morgan fingerprint density at radius 3 is 2.81 bits per heavy atom. The number of nitrogens with zero attached hydrogens (tertiary/aromatic N) is 4. The van der Waals surface area contributed by atoms with E-state index in [0.717, 1.165) is 43.0 Å². The number of hydrogen-bond acceptors (Lipinski definition) is 6. The number of ether oxygens (including phenoxy) is 2. The van der Waals surface area contributed by atoms with Crippen molar-refractivity contribution in [3.05, 3.63) is 59.2 Å². The highest BCUT2D eigenvalue weighted by atomic mass is 35.5. The molecule has 9 nitrogen and oxygen atoms in total. The van der Waals surface area contributed by atoms with Gasteiger partial charge in [0.05, 0.1) is 36.4 Å². The van der Waals surface area contributed by atoms with Gasteiger partial charge < -0.3 is 24.7 Å². The van der Waals surface area contributed by atoms with Crippen LogP contribution in [0, 0.1) is 0 Å². The minimum absolute atomic E-state index is 0.320. The van der Waals surface area contributed by atoms with E-state index in [1.165, 1.54) is 7.11 Å². The van der Waals surface area contributed by atoms with Crippen LogP contribution in [0.2, 0.25) is 5.02 Å². The number of fused-ring (bicyclic) bond motifs is 1. The van der Waals surface area contributed by atoms with Crippen molar-refractivity contribution >= 4 is 40.0 Å². The molecule has 164 valence electrons. The van der Waals surface area contributed by atoms with Gasteiger partial charge in [0.25, 0.3) is 5.91 Å². The fraction of sp³-hybridized carbons (Fsp3) is 0.227. The zero-order valence-corrected chi connectivity index (χ0v) is 18.1. The molecule has 0 bridgehead atoms. The normalized spacial score (nSPS) is 14.0. The van der Waals surface area contributed by atoms with Gasteiger partial charge in [0.15, 0.2) is 5.82 Å². The fourth-order valence-corrected chi connectivity index (χ4v) is 3.87. The molecular weight excluding hydrogens is 432 g/mol. The maximum absolute atomic E-state index is 12.5. The smallest absolute Gasteiger partial charge is 0.256 e. The van der Waals surface area contributed by atoms with Gasteiger partial charge in [-0.15, -0.1) is 5.10 Å². The van der Waals surface area contributed by atoms with Gasteiger partial charge in [-0.2, -0.15) is 0 Å². The highest BCUT2D eigenvalue weighted by Crippen LogP contribution is 2.26. The molecule has 3 heterocycles. The number of halogens is 1. The zero-order valence-electron chi connectivity index (χ0n) is 17.3. The second-order valence-corrected chi connectivity index (χ2v) is 7.72. The average Bonchev–Trinajstić information content (AvgIpc) is 3.46. The molecule has 32 heavy (non-hydrogen) atoms. The third-order valence-corrected chi connectivity index (χ3v) is 5.59. The van der Waals surface area contributed by atoms with Gasteiger partial charge >= 0.3 is 0 Å². The van der Waals surface area contributed by atoms with Crippen molar-refractivity contribution in [3.8, 4) is 11.7 Å². The number of aromatic nitrogens is 4. The van der Waals surface area contributed by atoms with Crippen LogP contribution in [0.4, 0.5) is 11.5 Å². The second-order valence-electron chi connectivity index (χ2n) is 7.31. The first kappa shape index (κ1) is 20.3. The number of carbonyl (C=O) groups is 1. The van der Waals surface area contributed by atoms with Crippen LogP contribution in [0.5, 0.6) is 5.75 Å². The highest BCUT2D eigenvalue weighted by molar-refractivity contribution is 6.32. The molecule has 5 rings (SSSR count). The summed E-state index contributed by atoms with van der Waals surface area (Å²) in [5, 5.41) is 7.55. The Morgan fingerprint density at radius 2 is 2.03 bits per heavy atom. The molecule has 0 unspecified atom stereocenters. The number of rotatable bonds is 5. The van der Waals surface area contributed by atoms with E-state index in [1.54, 1.807) is 35.1 Å². The number of H-pyrrole nitrogens is 1. The van der Waals surface area contributed by atoms with Crippen LogP contribution < -0.4 is 15.0 Å². The maximum Gasteiger partial charge on any atom is 0.256 e. The first-order valence-corrected chi connectivity index (χ1v) is 10.5. The molecule has 0 spiro atoms. The van der Waals surface area contributed by atoms with E-state index in [-0.39, 0.29) is 5.91 Å². The molecule has 0 radical (unpaired) electrons. The number of hydrogen-bond donors (Lipinski definition) is 2. The summed E-state index contributed by atoms with van der Waals surface area (Å²) in [5.41, 5.74) is 3.29. The minimum Gasteiger partial charge on any atom is -0.495 e. The molecule has 2 aromatic heterocycles. The molecule has 1 fully saturated rings. The maximum atomic E-state index is 12.5. The number of amides is 1. The summed E-state index contributed by atoms with van der Waals surface area (Å²) in [6.45, 7) is 3.20. The van der Waals surface area contributed by atoms with E-state index in [1.807, 2.05) is 6.07 Å². The summed E-state index contributed by atoms with van der Waals surface area (Å²) in [6.07, 6.45) is 1.73. The lowest BCUT2D eigenvalue weighted by Crippen LogP contribution is -2.36. The topological polar surface area (TPSA) is 97.3 Å². The van der Waals surface area contributed by atoms with Gasteiger partial charge in [-0.25, -0.2) is 9.67 Å². The van der Waals surface area contributed by atoms with E-state index < -0.39 is 0 Å². The number of anilines is 2. The van der Waals surface area contributed by atoms with Gasteiger partial charge in [0, 0.05) is 36.6 Å². The van der Waals surface area contributed by atoms with Crippen molar-refractivity contribution in [2.75, 3.05) is 43.6 Å². The lowest BCUT2D eigenvalue weighted by Gasteiger charge is -2.28. The third kappa shape index (κ3) is 4.00. The van der Waals surface area contributed by atoms with Gasteiger partial charge in [-0.05, 0) is 36.4 Å². The highest BCUT2D eigenvalue weighted by Gasteiger charge is 2.15. The molecule has 1 aliphatic rings. The van der Waals surface area contributed by atoms with Crippen LogP contribution in [0.15, 0.2) is 48.7 Å². The monoisotopic (exact) mass is 452 g/mol. The van der Waals surface area contributed by atoms with Crippen molar-refractivity contribution < 1.29 is 14.3 Å². The molecule has 1 amide bonds. The van der Waals surface area contributed by atoms with Crippen LogP contribution in [0.3, 0.4) is 0 Å². The van der Waals surface area contributed by atoms with Gasteiger partial charge in [0.1, 0.15) is 5.75 Å². The van der Waals surface area contributed by atoms with E-state index in [2.05, 4.69) is 37.4 Å². The van der Waals surface area contributed by atoms with Crippen LogP contribution in [0.25, 0.3) is 17.0 Å². The molecule has 10 heteroatoms. The Hall–Kier alpha value is -3.56. The first-order valence-electron chi connectivity index (χ1n) is 10.1. The Bertz CT molecular complexity index is 1280. The van der Waals surface area contributed by atoms with Crippen molar-refractivity contribution in [2.24, 2.45) is 0 Å². The zero-order chi connectivity index (χ0) is 22.1. The summed E-state index contributed by atoms with van der Waals surface area (Å²) in [7, 11) is 1.52. The Labute approximate surface area is 188 Å². The molecule has 0 atom stereocenters. The number of aromatic amines is 1. The second kappa shape index (κ2) is 8.52. The SMILES string of the molecule is COc1ccc(C(=O)Nc2ccn(-c3nc4ccc(N5CCOCC5)cc4[nH]3)n2)cc1Cl. The van der Waals surface area contributed by atoms with Crippen molar-refractivity contribution in [1.29, 1.82) is 0 Å². The van der Waals surface area contributed by atoms with Crippen molar-refractivity contribution in [3.63, 3.8) is 0 Å². The average molecular weight is 453 g/mol. The fourth-order valence-electron chi connectivity index (χ4n) is 3.62. The van der Waals surface area contributed by atoms with Crippen LogP contribution in [-0.4, -0.2) is 59.1 Å². The largest absolute Gasteiger partial charge is 0.495 e. The number of benzene rings is 2. The number of carbonyl (C=O) groups excluding carboxylic acids is 1. The minimum atomic E-state index is -0.320. The molecule has 1 saturated heterocycles. The summed E-state index contributed by atoms with van der Waals surface area (Å²) in [6, 6.07) is 12.7. The summed E-state index contributed by atoms with van der Waals surface area (Å²) in [5.74, 6) is 1.15. The molecule has 1 aliphatic heterocycles.